The summed E-state index contributed by atoms with van der Waals surface area (Å²) in [4.78, 5) is 0. The van der Waals surface area contributed by atoms with Gasteiger partial charge in [-0.3, -0.25) is 0 Å². The first-order chi connectivity index (χ1) is 5.77. The molecule has 0 fully saturated rings. The summed E-state index contributed by atoms with van der Waals surface area (Å²) in [5, 5.41) is 17.3. The highest BCUT2D eigenvalue weighted by Gasteiger charge is 2.40. The van der Waals surface area contributed by atoms with Gasteiger partial charge >= 0.3 is 0 Å². The van der Waals surface area contributed by atoms with Crippen LogP contribution in [0.15, 0.2) is 0 Å². The van der Waals surface area contributed by atoms with E-state index in [1.807, 2.05) is 12.1 Å². The Morgan fingerprint density at radius 1 is 1.38 bits per heavy atom. The lowest BCUT2D eigenvalue weighted by atomic mass is 9.94. The minimum Gasteiger partial charge on any atom is -0.198 e. The molecule has 1 unspecified atom stereocenters. The van der Waals surface area contributed by atoms with Crippen LogP contribution in [0.1, 0.15) is 20.3 Å². The fourth-order valence-corrected chi connectivity index (χ4v) is 1.69. The maximum absolute atomic E-state index is 13.7. The second-order valence-electron chi connectivity index (χ2n) is 3.85. The molecule has 0 aromatic carbocycles. The summed E-state index contributed by atoms with van der Waals surface area (Å²) >= 11 is 0. The van der Waals surface area contributed by atoms with Crippen molar-refractivity contribution in [3.63, 3.8) is 0 Å². The Kier molecular flexibility index (Phi) is 3.75. The zero-order valence-corrected chi connectivity index (χ0v) is 9.28. The molecule has 0 saturated carbocycles. The molecule has 0 bridgehead atoms. The summed E-state index contributed by atoms with van der Waals surface area (Å²) in [7, 11) is -2.31. The molecule has 0 rings (SSSR count). The molecule has 0 heterocycles. The van der Waals surface area contributed by atoms with Gasteiger partial charge in [-0.1, -0.05) is 10.4 Å². The molecule has 4 heteroatoms. The van der Waals surface area contributed by atoms with Crippen LogP contribution in [-0.4, -0.2) is 17.3 Å². The van der Waals surface area contributed by atoms with Gasteiger partial charge in [-0.15, -0.1) is 0 Å². The number of nitrogens with zero attached hydrogens (tertiary/aromatic N) is 2. The van der Waals surface area contributed by atoms with E-state index in [0.717, 1.165) is 0 Å². The van der Waals surface area contributed by atoms with Crippen molar-refractivity contribution >= 4 is 10.4 Å². The standard InChI is InChI=1S/C9H15FN2S/c1-9(2,13(3,4)10)8(7-12)5-6-11/h8H,5H2,1-4H3. The van der Waals surface area contributed by atoms with Gasteiger partial charge in [0, 0.05) is 4.75 Å². The van der Waals surface area contributed by atoms with Gasteiger partial charge in [0.25, 0.3) is 0 Å². The molecule has 0 N–H and O–H groups in total. The topological polar surface area (TPSA) is 47.6 Å². The average Bonchev–Trinajstić information content (AvgIpc) is 1.97. The van der Waals surface area contributed by atoms with Gasteiger partial charge < -0.3 is 0 Å². The first kappa shape index (κ1) is 12.3. The summed E-state index contributed by atoms with van der Waals surface area (Å²) in [5.74, 6) is -0.521. The Labute approximate surface area is 81.0 Å². The summed E-state index contributed by atoms with van der Waals surface area (Å²) < 4.78 is 13.0. The second kappa shape index (κ2) is 3.98. The minimum absolute atomic E-state index is 0.101. The van der Waals surface area contributed by atoms with Crippen LogP contribution in [0.4, 0.5) is 3.89 Å². The first-order valence-corrected chi connectivity index (χ1v) is 6.31. The molecule has 0 aromatic heterocycles. The van der Waals surface area contributed by atoms with Crippen molar-refractivity contribution in [1.82, 2.24) is 0 Å². The first-order valence-electron chi connectivity index (χ1n) is 3.96. The van der Waals surface area contributed by atoms with Gasteiger partial charge in [0.2, 0.25) is 0 Å². The van der Waals surface area contributed by atoms with E-state index in [1.165, 1.54) is 12.5 Å². The SMILES string of the molecule is CC(C)(C(C#N)CC#N)S(C)(C)F. The normalized spacial score (nSPS) is 15.6. The summed E-state index contributed by atoms with van der Waals surface area (Å²) in [6.45, 7) is 3.43. The Hall–Kier alpha value is -0.740. The van der Waals surface area contributed by atoms with E-state index < -0.39 is 21.1 Å². The fourth-order valence-electron chi connectivity index (χ4n) is 0.876. The molecule has 13 heavy (non-hydrogen) atoms. The van der Waals surface area contributed by atoms with Crippen molar-refractivity contribution in [2.24, 2.45) is 5.92 Å². The molecule has 0 aliphatic heterocycles. The van der Waals surface area contributed by atoms with Crippen LogP contribution in [-0.2, 0) is 0 Å². The van der Waals surface area contributed by atoms with Crippen LogP contribution in [0, 0.1) is 28.6 Å². The zero-order chi connectivity index (χ0) is 10.7. The number of hydrogen-bond acceptors (Lipinski definition) is 2. The van der Waals surface area contributed by atoms with E-state index >= 15 is 0 Å². The van der Waals surface area contributed by atoms with Crippen molar-refractivity contribution in [1.29, 1.82) is 10.5 Å². The Morgan fingerprint density at radius 3 is 2.08 bits per heavy atom. The lowest BCUT2D eigenvalue weighted by Crippen LogP contribution is -2.33. The molecular formula is C9H15FN2S. The zero-order valence-electron chi connectivity index (χ0n) is 8.47. The fraction of sp³-hybridized carbons (Fsp3) is 0.778. The number of nitriles is 2. The molecule has 0 aromatic rings. The molecule has 0 saturated heterocycles. The van der Waals surface area contributed by atoms with E-state index in [9.17, 15) is 3.89 Å². The molecule has 74 valence electrons. The van der Waals surface area contributed by atoms with Crippen LogP contribution in [0.25, 0.3) is 0 Å². The van der Waals surface area contributed by atoms with E-state index in [2.05, 4.69) is 0 Å². The van der Waals surface area contributed by atoms with Crippen molar-refractivity contribution in [2.45, 2.75) is 25.0 Å². The lowest BCUT2D eigenvalue weighted by Gasteiger charge is -2.41. The quantitative estimate of drug-likeness (QED) is 0.706. The number of rotatable bonds is 3. The Morgan fingerprint density at radius 2 is 1.85 bits per heavy atom. The highest BCUT2D eigenvalue weighted by molar-refractivity contribution is 8.29. The Bertz CT molecular complexity index is 254. The van der Waals surface area contributed by atoms with Crippen LogP contribution >= 0.6 is 10.4 Å². The summed E-state index contributed by atoms with van der Waals surface area (Å²) in [6, 6.07) is 3.93. The molecule has 2 nitrogen and oxygen atoms in total. The summed E-state index contributed by atoms with van der Waals surface area (Å²) in [6.07, 6.45) is 3.15. The molecule has 0 spiro atoms. The van der Waals surface area contributed by atoms with Crippen molar-refractivity contribution in [3.8, 4) is 12.1 Å². The van der Waals surface area contributed by atoms with E-state index in [-0.39, 0.29) is 6.42 Å². The smallest absolute Gasteiger partial charge is 0.0742 e. The Balaban J connectivity index is 4.83. The largest absolute Gasteiger partial charge is 0.198 e. The van der Waals surface area contributed by atoms with Crippen LogP contribution in [0.5, 0.6) is 0 Å². The molecule has 0 radical (unpaired) electrons. The van der Waals surface area contributed by atoms with Crippen LogP contribution < -0.4 is 0 Å². The maximum Gasteiger partial charge on any atom is 0.0742 e. The molecule has 0 aliphatic carbocycles. The monoisotopic (exact) mass is 202 g/mol. The van der Waals surface area contributed by atoms with Crippen molar-refractivity contribution < 1.29 is 3.89 Å². The third-order valence-corrected chi connectivity index (χ3v) is 5.33. The van der Waals surface area contributed by atoms with Gasteiger partial charge in [0.15, 0.2) is 0 Å². The molecule has 0 aliphatic rings. The van der Waals surface area contributed by atoms with Crippen LogP contribution in [0.2, 0.25) is 0 Å². The van der Waals surface area contributed by atoms with E-state index in [4.69, 9.17) is 10.5 Å². The van der Waals surface area contributed by atoms with Gasteiger partial charge in [0.1, 0.15) is 0 Å². The number of hydrogen-bond donors (Lipinski definition) is 0. The minimum atomic E-state index is -2.31. The molecule has 1 atom stereocenters. The van der Waals surface area contributed by atoms with E-state index in [0.29, 0.717) is 0 Å². The predicted octanol–water partition coefficient (Wildman–Crippen LogP) is 2.77. The second-order valence-corrected chi connectivity index (χ2v) is 7.31. The third-order valence-electron chi connectivity index (χ3n) is 2.54. The third kappa shape index (κ3) is 2.60. The van der Waals surface area contributed by atoms with Crippen molar-refractivity contribution in [2.75, 3.05) is 12.5 Å². The lowest BCUT2D eigenvalue weighted by molar-refractivity contribution is 0.511. The number of halogens is 1. The maximum atomic E-state index is 13.7. The van der Waals surface area contributed by atoms with Gasteiger partial charge in [-0.2, -0.15) is 14.4 Å². The van der Waals surface area contributed by atoms with Gasteiger partial charge in [-0.05, 0) is 26.4 Å². The predicted molar refractivity (Wildman–Crippen MR) is 54.0 cm³/mol. The van der Waals surface area contributed by atoms with Gasteiger partial charge in [-0.25, -0.2) is 0 Å². The van der Waals surface area contributed by atoms with E-state index in [1.54, 1.807) is 13.8 Å². The average molecular weight is 202 g/mol. The van der Waals surface area contributed by atoms with Crippen molar-refractivity contribution in [3.05, 3.63) is 0 Å². The molecule has 0 amide bonds. The highest BCUT2D eigenvalue weighted by Crippen LogP contribution is 2.58. The van der Waals surface area contributed by atoms with Crippen LogP contribution in [0.3, 0.4) is 0 Å². The highest BCUT2D eigenvalue weighted by atomic mass is 32.3. The van der Waals surface area contributed by atoms with Gasteiger partial charge in [0.05, 0.1) is 24.5 Å². The summed E-state index contributed by atoms with van der Waals surface area (Å²) in [5.41, 5.74) is 0. The molecular weight excluding hydrogens is 187 g/mol.